The minimum Gasteiger partial charge on any atom is -0.386 e. The molecule has 0 amide bonds. The van der Waals surface area contributed by atoms with Crippen LogP contribution in [0.15, 0.2) is 35.9 Å². The predicted octanol–water partition coefficient (Wildman–Crippen LogP) is 4.68. The maximum absolute atomic E-state index is 14.7. The van der Waals surface area contributed by atoms with Gasteiger partial charge >= 0.3 is 0 Å². The molecule has 176 valence electrons. The standard InChI is InChI=1S/C27H33FN2O3/c1-8-27(5,32)20(18(13-31)14-33-7)11-23(29-6)26-17(4)24-15(2)9-10-19-16(3)21(28)12-22(30-26)25(19)24/h8,11-13,15,29,32H,1,9-10,14H2,2-7H3/b20-18-,23-11-/t15-,27+/m0/s1. The lowest BCUT2D eigenvalue weighted by atomic mass is 9.79. The number of hydrogen-bond donors (Lipinski definition) is 2. The molecule has 33 heavy (non-hydrogen) atoms. The van der Waals surface area contributed by atoms with Gasteiger partial charge in [-0.1, -0.05) is 19.6 Å². The van der Waals surface area contributed by atoms with Crippen LogP contribution in [-0.4, -0.2) is 42.7 Å². The number of aldehydes is 1. The maximum atomic E-state index is 14.7. The summed E-state index contributed by atoms with van der Waals surface area (Å²) in [5, 5.41) is 15.2. The third-order valence-corrected chi connectivity index (χ3v) is 6.76. The second kappa shape index (κ2) is 9.57. The number of aliphatic hydroxyl groups is 1. The molecule has 0 unspecified atom stereocenters. The Morgan fingerprint density at radius 3 is 2.70 bits per heavy atom. The Labute approximate surface area is 195 Å². The Kier molecular flexibility index (Phi) is 7.20. The summed E-state index contributed by atoms with van der Waals surface area (Å²) in [5.41, 5.74) is 4.97. The van der Waals surface area contributed by atoms with Crippen molar-refractivity contribution < 1.29 is 19.0 Å². The summed E-state index contributed by atoms with van der Waals surface area (Å²) >= 11 is 0. The fourth-order valence-corrected chi connectivity index (χ4v) is 4.80. The van der Waals surface area contributed by atoms with Crippen LogP contribution in [0.5, 0.6) is 0 Å². The molecule has 2 atom stereocenters. The Balaban J connectivity index is 2.37. The smallest absolute Gasteiger partial charge is 0.148 e. The van der Waals surface area contributed by atoms with Gasteiger partial charge in [0, 0.05) is 31.2 Å². The number of rotatable bonds is 8. The summed E-state index contributed by atoms with van der Waals surface area (Å²) in [6, 6.07) is 1.50. The number of hydrogen-bond acceptors (Lipinski definition) is 5. The molecule has 1 aliphatic rings. The summed E-state index contributed by atoms with van der Waals surface area (Å²) in [5.74, 6) is 0.0452. The number of pyridine rings is 1. The quantitative estimate of drug-likeness (QED) is 0.263. The lowest BCUT2D eigenvalue weighted by Crippen LogP contribution is -2.26. The SMILES string of the molecule is C=C[C@@](C)(O)C(/C=C(\NC)c1nc2cc(F)c(C)c3c2c(c1C)[C@@H](C)CC3)=C(/C=O)COC. The minimum absolute atomic E-state index is 0.0383. The Hall–Kier alpha value is -2.83. The van der Waals surface area contributed by atoms with Gasteiger partial charge in [0.1, 0.15) is 17.7 Å². The van der Waals surface area contributed by atoms with E-state index in [0.717, 1.165) is 29.4 Å². The summed E-state index contributed by atoms with van der Waals surface area (Å²) in [6.07, 6.45) is 5.53. The highest BCUT2D eigenvalue weighted by molar-refractivity contribution is 5.92. The Bertz CT molecular complexity index is 1180. The van der Waals surface area contributed by atoms with Crippen LogP contribution in [-0.2, 0) is 16.0 Å². The molecule has 0 saturated carbocycles. The number of halogens is 1. The lowest BCUT2D eigenvalue weighted by Gasteiger charge is -2.28. The van der Waals surface area contributed by atoms with E-state index in [2.05, 4.69) is 18.8 Å². The molecular formula is C27H33FN2O3. The van der Waals surface area contributed by atoms with E-state index in [1.807, 2.05) is 13.8 Å². The molecule has 1 aromatic carbocycles. The number of nitrogens with one attached hydrogen (secondary N) is 1. The topological polar surface area (TPSA) is 71.5 Å². The predicted molar refractivity (Wildman–Crippen MR) is 131 cm³/mol. The fourth-order valence-electron chi connectivity index (χ4n) is 4.80. The molecule has 2 N–H and O–H groups in total. The first-order valence-corrected chi connectivity index (χ1v) is 11.2. The van der Waals surface area contributed by atoms with Gasteiger partial charge in [0.15, 0.2) is 0 Å². The van der Waals surface area contributed by atoms with Crippen LogP contribution in [0.4, 0.5) is 4.39 Å². The number of aromatic nitrogens is 1. The van der Waals surface area contributed by atoms with Gasteiger partial charge in [0.05, 0.1) is 23.5 Å². The molecule has 0 saturated heterocycles. The lowest BCUT2D eigenvalue weighted by molar-refractivity contribution is -0.105. The molecule has 3 rings (SSSR count). The van der Waals surface area contributed by atoms with Crippen LogP contribution in [0.2, 0.25) is 0 Å². The monoisotopic (exact) mass is 452 g/mol. The van der Waals surface area contributed by atoms with Crippen LogP contribution >= 0.6 is 0 Å². The van der Waals surface area contributed by atoms with E-state index >= 15 is 0 Å². The highest BCUT2D eigenvalue weighted by atomic mass is 19.1. The molecular weight excluding hydrogens is 419 g/mol. The van der Waals surface area contributed by atoms with Gasteiger partial charge in [0.25, 0.3) is 0 Å². The number of nitrogens with zero attached hydrogens (tertiary/aromatic N) is 1. The van der Waals surface area contributed by atoms with E-state index in [9.17, 15) is 14.3 Å². The number of carbonyl (C=O) groups excluding carboxylic acids is 1. The zero-order valence-electron chi connectivity index (χ0n) is 20.3. The van der Waals surface area contributed by atoms with Crippen LogP contribution in [0, 0.1) is 19.7 Å². The number of carbonyl (C=O) groups is 1. The molecule has 0 fully saturated rings. The van der Waals surface area contributed by atoms with E-state index in [1.165, 1.54) is 24.8 Å². The first kappa shape index (κ1) is 24.8. The summed E-state index contributed by atoms with van der Waals surface area (Å²) < 4.78 is 19.9. The summed E-state index contributed by atoms with van der Waals surface area (Å²) in [7, 11) is 3.24. The second-order valence-electron chi connectivity index (χ2n) is 8.94. The van der Waals surface area contributed by atoms with Crippen LogP contribution in [0.1, 0.15) is 54.1 Å². The van der Waals surface area contributed by atoms with Crippen molar-refractivity contribution in [3.63, 3.8) is 0 Å². The molecule has 1 heterocycles. The van der Waals surface area contributed by atoms with Gasteiger partial charge in [-0.15, -0.1) is 0 Å². The third-order valence-electron chi connectivity index (χ3n) is 6.76. The van der Waals surface area contributed by atoms with E-state index in [-0.39, 0.29) is 12.4 Å². The number of aryl methyl sites for hydroxylation is 1. The van der Waals surface area contributed by atoms with Crippen molar-refractivity contribution >= 4 is 22.9 Å². The average molecular weight is 453 g/mol. The Morgan fingerprint density at radius 1 is 1.42 bits per heavy atom. The van der Waals surface area contributed by atoms with Crippen LogP contribution in [0.25, 0.3) is 16.6 Å². The molecule has 0 spiro atoms. The van der Waals surface area contributed by atoms with Gasteiger partial charge in [-0.25, -0.2) is 9.37 Å². The molecule has 1 aromatic heterocycles. The van der Waals surface area contributed by atoms with Crippen LogP contribution < -0.4 is 5.32 Å². The first-order valence-electron chi connectivity index (χ1n) is 11.2. The van der Waals surface area contributed by atoms with E-state index in [4.69, 9.17) is 9.72 Å². The molecule has 0 radical (unpaired) electrons. The van der Waals surface area contributed by atoms with Crippen molar-refractivity contribution in [3.8, 4) is 0 Å². The van der Waals surface area contributed by atoms with Crippen LogP contribution in [0.3, 0.4) is 0 Å². The van der Waals surface area contributed by atoms with E-state index < -0.39 is 5.60 Å². The molecule has 2 aromatic rings. The van der Waals surface area contributed by atoms with Gasteiger partial charge < -0.3 is 15.2 Å². The summed E-state index contributed by atoms with van der Waals surface area (Å²) in [4.78, 5) is 16.7. The van der Waals surface area contributed by atoms with E-state index in [1.54, 1.807) is 20.0 Å². The largest absolute Gasteiger partial charge is 0.386 e. The minimum atomic E-state index is -1.47. The van der Waals surface area contributed by atoms with Crippen molar-refractivity contribution in [3.05, 3.63) is 69.7 Å². The number of ether oxygens (including phenoxy) is 1. The average Bonchev–Trinajstić information content (AvgIpc) is 2.79. The normalized spacial score (nSPS) is 18.5. The van der Waals surface area contributed by atoms with Gasteiger partial charge in [0.2, 0.25) is 0 Å². The highest BCUT2D eigenvalue weighted by Crippen LogP contribution is 2.41. The van der Waals surface area contributed by atoms with Crippen molar-refractivity contribution in [2.24, 2.45) is 0 Å². The first-order chi connectivity index (χ1) is 15.6. The zero-order chi connectivity index (χ0) is 24.5. The molecule has 6 heteroatoms. The highest BCUT2D eigenvalue weighted by Gasteiger charge is 2.28. The van der Waals surface area contributed by atoms with Crippen molar-refractivity contribution in [1.82, 2.24) is 10.3 Å². The van der Waals surface area contributed by atoms with Gasteiger partial charge in [-0.2, -0.15) is 0 Å². The second-order valence-corrected chi connectivity index (χ2v) is 8.94. The zero-order valence-corrected chi connectivity index (χ0v) is 20.3. The fraction of sp³-hybridized carbons (Fsp3) is 0.407. The van der Waals surface area contributed by atoms with Crippen molar-refractivity contribution in [2.45, 2.75) is 52.1 Å². The molecule has 0 aliphatic heterocycles. The molecule has 1 aliphatic carbocycles. The maximum Gasteiger partial charge on any atom is 0.148 e. The Morgan fingerprint density at radius 2 is 2.12 bits per heavy atom. The molecule has 5 nitrogen and oxygen atoms in total. The van der Waals surface area contributed by atoms with Crippen molar-refractivity contribution in [2.75, 3.05) is 20.8 Å². The van der Waals surface area contributed by atoms with Crippen molar-refractivity contribution in [1.29, 1.82) is 0 Å². The van der Waals surface area contributed by atoms with Gasteiger partial charge in [-0.3, -0.25) is 4.79 Å². The molecule has 0 bridgehead atoms. The summed E-state index contributed by atoms with van der Waals surface area (Å²) in [6.45, 7) is 11.4. The van der Waals surface area contributed by atoms with Gasteiger partial charge in [-0.05, 0) is 73.4 Å². The number of methoxy groups -OCH3 is 1. The number of benzene rings is 1. The third kappa shape index (κ3) is 4.37. The van der Waals surface area contributed by atoms with E-state index in [0.29, 0.717) is 45.8 Å².